The summed E-state index contributed by atoms with van der Waals surface area (Å²) in [5, 5.41) is 9.79. The summed E-state index contributed by atoms with van der Waals surface area (Å²) in [7, 11) is 3.15. The van der Waals surface area contributed by atoms with Gasteiger partial charge in [0.05, 0.1) is 14.2 Å². The van der Waals surface area contributed by atoms with E-state index in [1.54, 1.807) is 7.11 Å². The van der Waals surface area contributed by atoms with Crippen molar-refractivity contribution in [1.29, 1.82) is 0 Å². The van der Waals surface area contributed by atoms with Crippen LogP contribution in [0.5, 0.6) is 11.5 Å². The zero-order chi connectivity index (χ0) is 18.9. The van der Waals surface area contributed by atoms with Crippen molar-refractivity contribution in [3.05, 3.63) is 46.5 Å². The highest BCUT2D eigenvalue weighted by atomic mass is 16.5. The second-order valence-electron chi connectivity index (χ2n) is 7.24. The van der Waals surface area contributed by atoms with E-state index in [-0.39, 0.29) is 11.0 Å². The Bertz CT molecular complexity index is 814. The first kappa shape index (κ1) is 18.8. The Morgan fingerprint density at radius 2 is 1.64 bits per heavy atom. The third kappa shape index (κ3) is 3.48. The highest BCUT2D eigenvalue weighted by molar-refractivity contribution is 5.96. The Labute approximate surface area is 149 Å². The van der Waals surface area contributed by atoms with Gasteiger partial charge in [-0.2, -0.15) is 0 Å². The van der Waals surface area contributed by atoms with Gasteiger partial charge in [-0.15, -0.1) is 0 Å². The molecule has 0 spiro atoms. The lowest BCUT2D eigenvalue weighted by atomic mass is 9.80. The zero-order valence-electron chi connectivity index (χ0n) is 16.0. The van der Waals surface area contributed by atoms with Crippen molar-refractivity contribution in [2.75, 3.05) is 14.2 Å². The smallest absolute Gasteiger partial charge is 0.339 e. The fourth-order valence-electron chi connectivity index (χ4n) is 3.13. The predicted molar refractivity (Wildman–Crippen MR) is 100 cm³/mol. The maximum Gasteiger partial charge on any atom is 0.339 e. The van der Waals surface area contributed by atoms with Crippen LogP contribution in [0.3, 0.4) is 0 Å². The second kappa shape index (κ2) is 6.79. The maximum absolute atomic E-state index is 11.9. The van der Waals surface area contributed by atoms with Crippen LogP contribution in [0.1, 0.15) is 47.8 Å². The van der Waals surface area contributed by atoms with Gasteiger partial charge >= 0.3 is 5.97 Å². The molecule has 0 aliphatic carbocycles. The minimum absolute atomic E-state index is 0.222. The molecule has 0 bridgehead atoms. The Kier molecular flexibility index (Phi) is 5.12. The molecule has 0 fully saturated rings. The number of rotatable bonds is 4. The van der Waals surface area contributed by atoms with E-state index in [0.717, 1.165) is 28.0 Å². The largest absolute Gasteiger partial charge is 0.497 e. The van der Waals surface area contributed by atoms with Crippen LogP contribution in [0, 0.1) is 13.8 Å². The van der Waals surface area contributed by atoms with E-state index < -0.39 is 5.97 Å². The molecular weight excluding hydrogens is 316 g/mol. The van der Waals surface area contributed by atoms with Crippen molar-refractivity contribution in [2.45, 2.75) is 40.0 Å². The molecule has 4 heteroatoms. The number of carboxylic acid groups (broad SMARTS) is 1. The lowest BCUT2D eigenvalue weighted by Gasteiger charge is -2.26. The third-order valence-electron chi connectivity index (χ3n) is 4.49. The molecule has 1 N–H and O–H groups in total. The summed E-state index contributed by atoms with van der Waals surface area (Å²) >= 11 is 0. The molecule has 2 rings (SSSR count). The predicted octanol–water partition coefficient (Wildman–Crippen LogP) is 4.98. The molecule has 0 aliphatic rings. The summed E-state index contributed by atoms with van der Waals surface area (Å²) in [6.07, 6.45) is 0. The quantitative estimate of drug-likeness (QED) is 0.851. The molecule has 2 aromatic carbocycles. The molecule has 0 atom stereocenters. The molecule has 4 nitrogen and oxygen atoms in total. The van der Waals surface area contributed by atoms with Gasteiger partial charge in [-0.1, -0.05) is 26.8 Å². The van der Waals surface area contributed by atoms with Crippen molar-refractivity contribution in [2.24, 2.45) is 0 Å². The van der Waals surface area contributed by atoms with Gasteiger partial charge in [-0.3, -0.25) is 0 Å². The van der Waals surface area contributed by atoms with Crippen LogP contribution >= 0.6 is 0 Å². The molecule has 134 valence electrons. The number of carboxylic acids is 1. The minimum atomic E-state index is -0.979. The third-order valence-corrected chi connectivity index (χ3v) is 4.49. The lowest BCUT2D eigenvalue weighted by molar-refractivity contribution is 0.0692. The summed E-state index contributed by atoms with van der Waals surface area (Å²) < 4.78 is 10.8. The molecule has 0 aliphatic heterocycles. The van der Waals surface area contributed by atoms with Gasteiger partial charge in [0.25, 0.3) is 0 Å². The number of aromatic carboxylic acids is 1. The lowest BCUT2D eigenvalue weighted by Crippen LogP contribution is -2.17. The number of carbonyl (C=O) groups is 1. The van der Waals surface area contributed by atoms with Crippen LogP contribution in [-0.4, -0.2) is 25.3 Å². The fourth-order valence-corrected chi connectivity index (χ4v) is 3.13. The Morgan fingerprint density at radius 3 is 2.08 bits per heavy atom. The van der Waals surface area contributed by atoms with Gasteiger partial charge in [0.2, 0.25) is 0 Å². The van der Waals surface area contributed by atoms with E-state index in [1.807, 2.05) is 32.0 Å². The molecule has 0 saturated heterocycles. The van der Waals surface area contributed by atoms with Gasteiger partial charge in [0, 0.05) is 5.56 Å². The van der Waals surface area contributed by atoms with Crippen LogP contribution in [0.15, 0.2) is 24.3 Å². The molecule has 0 saturated carbocycles. The van der Waals surface area contributed by atoms with E-state index in [2.05, 4.69) is 26.8 Å². The summed E-state index contributed by atoms with van der Waals surface area (Å²) in [5.74, 6) is 0.238. The van der Waals surface area contributed by atoms with Crippen molar-refractivity contribution >= 4 is 5.97 Å². The molecule has 0 aromatic heterocycles. The number of methoxy groups -OCH3 is 2. The first-order valence-corrected chi connectivity index (χ1v) is 8.22. The molecule has 0 heterocycles. The average molecular weight is 342 g/mol. The highest BCUT2D eigenvalue weighted by Gasteiger charge is 2.28. The molecule has 25 heavy (non-hydrogen) atoms. The highest BCUT2D eigenvalue weighted by Crippen LogP contribution is 2.41. The minimum Gasteiger partial charge on any atom is -0.497 e. The summed E-state index contributed by atoms with van der Waals surface area (Å²) in [4.78, 5) is 11.9. The Balaban J connectivity index is 2.88. The van der Waals surface area contributed by atoms with E-state index >= 15 is 0 Å². The van der Waals surface area contributed by atoms with Gasteiger partial charge in [0.15, 0.2) is 0 Å². The van der Waals surface area contributed by atoms with Gasteiger partial charge in [-0.25, -0.2) is 4.79 Å². The fraction of sp³-hybridized carbons (Fsp3) is 0.381. The van der Waals surface area contributed by atoms with Gasteiger partial charge in [0.1, 0.15) is 17.1 Å². The van der Waals surface area contributed by atoms with E-state index in [4.69, 9.17) is 9.47 Å². The number of benzene rings is 2. The molecule has 0 radical (unpaired) electrons. The topological polar surface area (TPSA) is 55.8 Å². The Morgan fingerprint density at radius 1 is 1.00 bits per heavy atom. The van der Waals surface area contributed by atoms with Crippen LogP contribution in [0.4, 0.5) is 0 Å². The van der Waals surface area contributed by atoms with Crippen LogP contribution in [0.2, 0.25) is 0 Å². The van der Waals surface area contributed by atoms with Crippen LogP contribution < -0.4 is 9.47 Å². The molecule has 2 aromatic rings. The second-order valence-corrected chi connectivity index (χ2v) is 7.24. The monoisotopic (exact) mass is 342 g/mol. The Hall–Kier alpha value is -2.49. The standard InChI is InChI=1S/C21H26O4/c1-12-10-14(24-6)8-9-15(12)16-11-17(21(3,4)5)19(25-7)18(13(16)2)20(22)23/h8-11H,1-7H3,(H,22,23). The zero-order valence-corrected chi connectivity index (χ0v) is 16.0. The SMILES string of the molecule is COc1ccc(-c2cc(C(C)(C)C)c(OC)c(C(=O)O)c2C)c(C)c1. The average Bonchev–Trinajstić information content (AvgIpc) is 2.53. The number of hydrogen-bond donors (Lipinski definition) is 1. The van der Waals surface area contributed by atoms with E-state index in [1.165, 1.54) is 7.11 Å². The van der Waals surface area contributed by atoms with Crippen LogP contribution in [-0.2, 0) is 5.41 Å². The summed E-state index contributed by atoms with van der Waals surface area (Å²) in [5.41, 5.74) is 4.48. The molecule has 0 amide bonds. The van der Waals surface area contributed by atoms with Crippen molar-refractivity contribution in [3.8, 4) is 22.6 Å². The van der Waals surface area contributed by atoms with Gasteiger partial charge in [-0.05, 0) is 59.7 Å². The number of ether oxygens (including phenoxy) is 2. The normalized spacial score (nSPS) is 11.3. The summed E-state index contributed by atoms with van der Waals surface area (Å²) in [6, 6.07) is 7.87. The van der Waals surface area contributed by atoms with Crippen molar-refractivity contribution in [3.63, 3.8) is 0 Å². The van der Waals surface area contributed by atoms with E-state index in [9.17, 15) is 9.90 Å². The van der Waals surface area contributed by atoms with E-state index in [0.29, 0.717) is 11.3 Å². The van der Waals surface area contributed by atoms with Crippen molar-refractivity contribution in [1.82, 2.24) is 0 Å². The van der Waals surface area contributed by atoms with Crippen molar-refractivity contribution < 1.29 is 19.4 Å². The maximum atomic E-state index is 11.9. The van der Waals surface area contributed by atoms with Gasteiger partial charge < -0.3 is 14.6 Å². The molecular formula is C21H26O4. The molecule has 0 unspecified atom stereocenters. The first-order valence-electron chi connectivity index (χ1n) is 8.22. The summed E-state index contributed by atoms with van der Waals surface area (Å²) in [6.45, 7) is 9.99. The number of aryl methyl sites for hydroxylation is 1. The first-order chi connectivity index (χ1) is 11.6. The number of hydrogen-bond acceptors (Lipinski definition) is 3. The van der Waals surface area contributed by atoms with Crippen LogP contribution in [0.25, 0.3) is 11.1 Å².